The summed E-state index contributed by atoms with van der Waals surface area (Å²) in [7, 11) is 0. The molecule has 1 atom stereocenters. The highest BCUT2D eigenvalue weighted by Crippen LogP contribution is 2.08. The summed E-state index contributed by atoms with van der Waals surface area (Å²) in [5, 5.41) is 0. The van der Waals surface area contributed by atoms with Crippen LogP contribution < -0.4 is 0 Å². The highest BCUT2D eigenvalue weighted by molar-refractivity contribution is 7.98. The van der Waals surface area contributed by atoms with Gasteiger partial charge in [0.25, 0.3) is 0 Å². The molecule has 0 aromatic rings. The van der Waals surface area contributed by atoms with Crippen LogP contribution in [0.2, 0.25) is 0 Å². The molecule has 0 aliphatic heterocycles. The van der Waals surface area contributed by atoms with E-state index in [1.165, 1.54) is 12.2 Å². The van der Waals surface area contributed by atoms with Crippen molar-refractivity contribution in [1.82, 2.24) is 0 Å². The second kappa shape index (κ2) is 6.14. The molecule has 0 fully saturated rings. The number of carbonyl (C=O) groups is 1. The Morgan fingerprint density at radius 2 is 2.33 bits per heavy atom. The summed E-state index contributed by atoms with van der Waals surface area (Å²) >= 11 is 1.84. The first-order valence-corrected chi connectivity index (χ1v) is 4.63. The minimum atomic E-state index is 0.579. The molecule has 0 heterocycles. The SMILES string of the molecule is CSCCC(C)CC=O. The molecule has 0 saturated heterocycles. The van der Waals surface area contributed by atoms with E-state index in [1.807, 2.05) is 11.8 Å². The lowest BCUT2D eigenvalue weighted by Gasteiger charge is -2.03. The molecule has 1 unspecified atom stereocenters. The van der Waals surface area contributed by atoms with Crippen molar-refractivity contribution in [2.45, 2.75) is 19.8 Å². The lowest BCUT2D eigenvalue weighted by molar-refractivity contribution is -0.108. The van der Waals surface area contributed by atoms with Crippen LogP contribution in [-0.2, 0) is 4.79 Å². The average molecular weight is 146 g/mol. The van der Waals surface area contributed by atoms with Crippen LogP contribution in [0.15, 0.2) is 0 Å². The Morgan fingerprint density at radius 1 is 1.67 bits per heavy atom. The van der Waals surface area contributed by atoms with Crippen LogP contribution in [-0.4, -0.2) is 18.3 Å². The minimum Gasteiger partial charge on any atom is -0.303 e. The third-order valence-electron chi connectivity index (χ3n) is 1.31. The van der Waals surface area contributed by atoms with Crippen LogP contribution in [0, 0.1) is 5.92 Å². The van der Waals surface area contributed by atoms with E-state index >= 15 is 0 Å². The third kappa shape index (κ3) is 5.90. The van der Waals surface area contributed by atoms with Crippen LogP contribution in [0.5, 0.6) is 0 Å². The summed E-state index contributed by atoms with van der Waals surface area (Å²) in [5.41, 5.74) is 0. The van der Waals surface area contributed by atoms with E-state index in [0.29, 0.717) is 5.92 Å². The summed E-state index contributed by atoms with van der Waals surface area (Å²) in [6.07, 6.45) is 4.99. The van der Waals surface area contributed by atoms with E-state index in [0.717, 1.165) is 12.7 Å². The van der Waals surface area contributed by atoms with E-state index in [-0.39, 0.29) is 0 Å². The summed E-state index contributed by atoms with van der Waals surface area (Å²) in [6, 6.07) is 0. The Bertz CT molecular complexity index is 73.3. The molecular formula is C7H14OS. The Balaban J connectivity index is 3.04. The van der Waals surface area contributed by atoms with Crippen molar-refractivity contribution in [1.29, 1.82) is 0 Å². The maximum absolute atomic E-state index is 9.97. The summed E-state index contributed by atoms with van der Waals surface area (Å²) in [4.78, 5) is 9.97. The number of hydrogen-bond donors (Lipinski definition) is 0. The Kier molecular flexibility index (Phi) is 6.16. The van der Waals surface area contributed by atoms with Crippen LogP contribution in [0.3, 0.4) is 0 Å². The van der Waals surface area contributed by atoms with Crippen molar-refractivity contribution in [3.05, 3.63) is 0 Å². The van der Waals surface area contributed by atoms with Crippen molar-refractivity contribution >= 4 is 18.0 Å². The van der Waals surface area contributed by atoms with Gasteiger partial charge in [0.15, 0.2) is 0 Å². The van der Waals surface area contributed by atoms with E-state index in [4.69, 9.17) is 0 Å². The molecule has 2 heteroatoms. The first-order chi connectivity index (χ1) is 4.31. The molecule has 0 aliphatic carbocycles. The molecule has 0 aromatic heterocycles. The molecule has 54 valence electrons. The Hall–Kier alpha value is 0.0200. The zero-order valence-corrected chi connectivity index (χ0v) is 6.91. The van der Waals surface area contributed by atoms with Gasteiger partial charge >= 0.3 is 0 Å². The van der Waals surface area contributed by atoms with Gasteiger partial charge in [-0.15, -0.1) is 0 Å². The van der Waals surface area contributed by atoms with E-state index < -0.39 is 0 Å². The fraction of sp³-hybridized carbons (Fsp3) is 0.857. The largest absolute Gasteiger partial charge is 0.303 e. The summed E-state index contributed by atoms with van der Waals surface area (Å²) < 4.78 is 0. The first-order valence-electron chi connectivity index (χ1n) is 3.23. The van der Waals surface area contributed by atoms with Crippen molar-refractivity contribution in [2.24, 2.45) is 5.92 Å². The topological polar surface area (TPSA) is 17.1 Å². The molecule has 0 radical (unpaired) electrons. The third-order valence-corrected chi connectivity index (χ3v) is 1.96. The van der Waals surface area contributed by atoms with Crippen molar-refractivity contribution in [3.8, 4) is 0 Å². The van der Waals surface area contributed by atoms with Gasteiger partial charge in [0.1, 0.15) is 6.29 Å². The zero-order valence-electron chi connectivity index (χ0n) is 6.09. The monoisotopic (exact) mass is 146 g/mol. The molecule has 1 nitrogen and oxygen atoms in total. The number of aldehydes is 1. The average Bonchev–Trinajstić information content (AvgIpc) is 1.85. The number of rotatable bonds is 5. The summed E-state index contributed by atoms with van der Waals surface area (Å²) in [6.45, 7) is 2.12. The van der Waals surface area contributed by atoms with Gasteiger partial charge in [-0.3, -0.25) is 0 Å². The van der Waals surface area contributed by atoms with Crippen LogP contribution in [0.4, 0.5) is 0 Å². The molecule has 0 saturated carbocycles. The molecule has 0 aromatic carbocycles. The number of carbonyl (C=O) groups excluding carboxylic acids is 1. The molecule has 0 spiro atoms. The highest BCUT2D eigenvalue weighted by atomic mass is 32.2. The van der Waals surface area contributed by atoms with E-state index in [1.54, 1.807) is 0 Å². The fourth-order valence-electron chi connectivity index (χ4n) is 0.601. The second-order valence-corrected chi connectivity index (χ2v) is 3.27. The van der Waals surface area contributed by atoms with Gasteiger partial charge in [0.05, 0.1) is 0 Å². The predicted molar refractivity (Wildman–Crippen MR) is 42.8 cm³/mol. The smallest absolute Gasteiger partial charge is 0.120 e. The van der Waals surface area contributed by atoms with E-state index in [9.17, 15) is 4.79 Å². The maximum atomic E-state index is 9.97. The Labute approximate surface area is 61.2 Å². The lowest BCUT2D eigenvalue weighted by Crippen LogP contribution is -1.96. The van der Waals surface area contributed by atoms with Crippen LogP contribution >= 0.6 is 11.8 Å². The molecule has 0 aliphatic rings. The van der Waals surface area contributed by atoms with Gasteiger partial charge in [0, 0.05) is 6.42 Å². The molecule has 0 bridgehead atoms. The molecular weight excluding hydrogens is 132 g/mol. The van der Waals surface area contributed by atoms with Gasteiger partial charge in [-0.05, 0) is 24.3 Å². The number of thioether (sulfide) groups is 1. The van der Waals surface area contributed by atoms with Gasteiger partial charge in [0.2, 0.25) is 0 Å². The second-order valence-electron chi connectivity index (χ2n) is 2.29. The van der Waals surface area contributed by atoms with Crippen LogP contribution in [0.25, 0.3) is 0 Å². The zero-order chi connectivity index (χ0) is 7.11. The normalized spacial score (nSPS) is 13.1. The molecule has 0 amide bonds. The highest BCUT2D eigenvalue weighted by Gasteiger charge is 1.98. The molecule has 0 rings (SSSR count). The van der Waals surface area contributed by atoms with Gasteiger partial charge in [-0.25, -0.2) is 0 Å². The Morgan fingerprint density at radius 3 is 2.78 bits per heavy atom. The van der Waals surface area contributed by atoms with Crippen molar-refractivity contribution in [2.75, 3.05) is 12.0 Å². The standard InChI is InChI=1S/C7H14OS/c1-7(3-5-8)4-6-9-2/h5,7H,3-4,6H2,1-2H3. The van der Waals surface area contributed by atoms with Crippen molar-refractivity contribution < 1.29 is 4.79 Å². The quantitative estimate of drug-likeness (QED) is 0.551. The number of hydrogen-bond acceptors (Lipinski definition) is 2. The lowest BCUT2D eigenvalue weighted by atomic mass is 10.1. The maximum Gasteiger partial charge on any atom is 0.120 e. The first kappa shape index (κ1) is 9.02. The fourth-order valence-corrected chi connectivity index (χ4v) is 1.24. The van der Waals surface area contributed by atoms with Crippen LogP contribution in [0.1, 0.15) is 19.8 Å². The minimum absolute atomic E-state index is 0.579. The van der Waals surface area contributed by atoms with E-state index in [2.05, 4.69) is 13.2 Å². The molecule has 0 N–H and O–H groups in total. The predicted octanol–water partition coefficient (Wildman–Crippen LogP) is 1.96. The van der Waals surface area contributed by atoms with Crippen molar-refractivity contribution in [3.63, 3.8) is 0 Å². The van der Waals surface area contributed by atoms with Gasteiger partial charge in [-0.2, -0.15) is 11.8 Å². The molecule has 9 heavy (non-hydrogen) atoms. The summed E-state index contributed by atoms with van der Waals surface area (Å²) in [5.74, 6) is 1.75. The van der Waals surface area contributed by atoms with Gasteiger partial charge < -0.3 is 4.79 Å². The van der Waals surface area contributed by atoms with Gasteiger partial charge in [-0.1, -0.05) is 6.92 Å².